The highest BCUT2D eigenvalue weighted by molar-refractivity contribution is 5.58. The zero-order valence-electron chi connectivity index (χ0n) is 11.3. The molecule has 1 aromatic carbocycles. The van der Waals surface area contributed by atoms with Gasteiger partial charge < -0.3 is 9.15 Å². The number of halogens is 3. The van der Waals surface area contributed by atoms with Gasteiger partial charge in [-0.25, -0.2) is 5.06 Å². The lowest BCUT2D eigenvalue weighted by Crippen LogP contribution is -2.27. The Hall–Kier alpha value is -2.15. The number of nitrogens with zero attached hydrogens (tertiary/aromatic N) is 1. The van der Waals surface area contributed by atoms with Crippen molar-refractivity contribution in [2.75, 3.05) is 5.06 Å². The van der Waals surface area contributed by atoms with Crippen LogP contribution in [0.25, 0.3) is 0 Å². The minimum Gasteiger partial charge on any atom is -0.467 e. The van der Waals surface area contributed by atoms with Crippen molar-refractivity contribution in [3.05, 3.63) is 47.9 Å². The monoisotopic (exact) mass is 311 g/mol. The van der Waals surface area contributed by atoms with E-state index in [-0.39, 0.29) is 17.9 Å². The summed E-state index contributed by atoms with van der Waals surface area (Å²) in [5, 5.41) is 1.72. The molecule has 116 valence electrons. The van der Waals surface area contributed by atoms with E-state index in [1.807, 2.05) is 6.07 Å². The molecule has 0 unspecified atom stereocenters. The van der Waals surface area contributed by atoms with Crippen molar-refractivity contribution in [1.82, 2.24) is 0 Å². The summed E-state index contributed by atoms with van der Waals surface area (Å²) in [6.07, 6.45) is -1.87. The van der Waals surface area contributed by atoms with Gasteiger partial charge in [-0.05, 0) is 35.9 Å². The smallest absolute Gasteiger partial charge is 0.467 e. The number of anilines is 1. The van der Waals surface area contributed by atoms with Crippen molar-refractivity contribution >= 4 is 5.69 Å². The van der Waals surface area contributed by atoms with Crippen LogP contribution in [0.4, 0.5) is 18.9 Å². The van der Waals surface area contributed by atoms with Crippen molar-refractivity contribution in [3.63, 3.8) is 0 Å². The lowest BCUT2D eigenvalue weighted by Gasteiger charge is -2.29. The third-order valence-corrected chi connectivity index (χ3v) is 3.87. The fourth-order valence-corrected chi connectivity index (χ4v) is 3.06. The third-order valence-electron chi connectivity index (χ3n) is 3.87. The van der Waals surface area contributed by atoms with Crippen LogP contribution >= 0.6 is 0 Å². The van der Waals surface area contributed by atoms with Crippen molar-refractivity contribution in [2.45, 2.75) is 31.3 Å². The molecule has 1 aromatic heterocycles. The van der Waals surface area contributed by atoms with E-state index in [0.717, 1.165) is 23.4 Å². The van der Waals surface area contributed by atoms with Crippen LogP contribution in [0.15, 0.2) is 41.0 Å². The molecule has 2 aliphatic heterocycles. The largest absolute Gasteiger partial charge is 0.573 e. The Balaban J connectivity index is 1.66. The fourth-order valence-electron chi connectivity index (χ4n) is 3.06. The minimum absolute atomic E-state index is 0.0596. The van der Waals surface area contributed by atoms with Crippen LogP contribution in [0, 0.1) is 0 Å². The Kier molecular flexibility index (Phi) is 2.87. The molecule has 4 nitrogen and oxygen atoms in total. The number of hydroxylamine groups is 1. The Morgan fingerprint density at radius 2 is 2.09 bits per heavy atom. The van der Waals surface area contributed by atoms with Gasteiger partial charge in [0.2, 0.25) is 0 Å². The van der Waals surface area contributed by atoms with Crippen molar-refractivity contribution in [3.8, 4) is 5.75 Å². The second-order valence-electron chi connectivity index (χ2n) is 5.36. The van der Waals surface area contributed by atoms with E-state index in [2.05, 4.69) is 4.74 Å². The topological polar surface area (TPSA) is 34.8 Å². The predicted octanol–water partition coefficient (Wildman–Crippen LogP) is 3.99. The molecule has 1 saturated heterocycles. The molecule has 0 saturated carbocycles. The van der Waals surface area contributed by atoms with E-state index in [1.165, 1.54) is 12.1 Å². The highest BCUT2D eigenvalue weighted by Gasteiger charge is 2.42. The third kappa shape index (κ3) is 2.31. The number of fused-ring (bicyclic) bond motifs is 4. The van der Waals surface area contributed by atoms with Gasteiger partial charge in [0, 0.05) is 12.8 Å². The van der Waals surface area contributed by atoms with Crippen LogP contribution in [0.1, 0.15) is 23.8 Å². The average Bonchev–Trinajstić information content (AvgIpc) is 3.05. The fraction of sp³-hybridized carbons (Fsp3) is 0.333. The van der Waals surface area contributed by atoms with Crippen molar-refractivity contribution in [1.29, 1.82) is 0 Å². The van der Waals surface area contributed by atoms with Crippen LogP contribution in [-0.2, 0) is 11.3 Å². The predicted molar refractivity (Wildman–Crippen MR) is 70.2 cm³/mol. The summed E-state index contributed by atoms with van der Waals surface area (Å²) < 4.78 is 46.4. The Morgan fingerprint density at radius 1 is 1.23 bits per heavy atom. The number of hydrogen-bond acceptors (Lipinski definition) is 4. The van der Waals surface area contributed by atoms with E-state index < -0.39 is 6.36 Å². The summed E-state index contributed by atoms with van der Waals surface area (Å²) in [7, 11) is 0. The summed E-state index contributed by atoms with van der Waals surface area (Å²) in [5.41, 5.74) is 1.54. The van der Waals surface area contributed by atoms with Gasteiger partial charge in [0.25, 0.3) is 0 Å². The van der Waals surface area contributed by atoms with Gasteiger partial charge in [-0.3, -0.25) is 4.84 Å². The SMILES string of the molecule is FC(F)(F)Oc1ccc2c(c1)C[C@@H]1C[C@@H](c3ccco3)N2O1. The maximum Gasteiger partial charge on any atom is 0.573 e. The molecule has 0 radical (unpaired) electrons. The van der Waals surface area contributed by atoms with Gasteiger partial charge >= 0.3 is 6.36 Å². The number of alkyl halides is 3. The lowest BCUT2D eigenvalue weighted by molar-refractivity contribution is -0.274. The van der Waals surface area contributed by atoms with Gasteiger partial charge in [0.05, 0.1) is 18.1 Å². The maximum atomic E-state index is 12.3. The van der Waals surface area contributed by atoms with E-state index >= 15 is 0 Å². The first-order chi connectivity index (χ1) is 10.5. The highest BCUT2D eigenvalue weighted by atomic mass is 19.4. The quantitative estimate of drug-likeness (QED) is 0.840. The number of ether oxygens (including phenoxy) is 1. The van der Waals surface area contributed by atoms with E-state index in [4.69, 9.17) is 9.25 Å². The molecule has 4 rings (SSSR count). The van der Waals surface area contributed by atoms with Crippen LogP contribution in [-0.4, -0.2) is 12.5 Å². The Morgan fingerprint density at radius 3 is 2.82 bits per heavy atom. The number of rotatable bonds is 2. The normalized spacial score (nSPS) is 23.5. The zero-order chi connectivity index (χ0) is 15.3. The summed E-state index contributed by atoms with van der Waals surface area (Å²) in [6.45, 7) is 0. The molecule has 3 heterocycles. The lowest BCUT2D eigenvalue weighted by atomic mass is 10.0. The number of benzene rings is 1. The molecule has 7 heteroatoms. The molecular formula is C15H12F3NO3. The second kappa shape index (κ2) is 4.67. The van der Waals surface area contributed by atoms with Gasteiger partial charge in [0.1, 0.15) is 17.6 Å². The highest BCUT2D eigenvalue weighted by Crippen LogP contribution is 2.45. The molecule has 0 spiro atoms. The summed E-state index contributed by atoms with van der Waals surface area (Å²) in [5.74, 6) is 0.578. The summed E-state index contributed by atoms with van der Waals surface area (Å²) in [6, 6.07) is 7.93. The van der Waals surface area contributed by atoms with E-state index in [9.17, 15) is 13.2 Å². The molecule has 0 aliphatic carbocycles. The molecular weight excluding hydrogens is 299 g/mol. The molecule has 2 aliphatic rings. The first-order valence-corrected chi connectivity index (χ1v) is 6.88. The van der Waals surface area contributed by atoms with Gasteiger partial charge in [-0.1, -0.05) is 0 Å². The molecule has 2 bridgehead atoms. The second-order valence-corrected chi connectivity index (χ2v) is 5.36. The molecule has 2 atom stereocenters. The standard InChI is InChI=1S/C15H12F3NO3/c16-15(17,18)21-10-3-4-12-9(6-10)7-11-8-13(19(12)22-11)14-2-1-5-20-14/h1-6,11,13H,7-8H2/t11-,13+/m1/s1. The van der Waals surface area contributed by atoms with E-state index in [0.29, 0.717) is 6.42 Å². The van der Waals surface area contributed by atoms with Gasteiger partial charge in [-0.15, -0.1) is 13.2 Å². The van der Waals surface area contributed by atoms with Crippen molar-refractivity contribution in [2.24, 2.45) is 0 Å². The van der Waals surface area contributed by atoms with Crippen molar-refractivity contribution < 1.29 is 27.2 Å². The van der Waals surface area contributed by atoms with Gasteiger partial charge in [-0.2, -0.15) is 0 Å². The van der Waals surface area contributed by atoms with Crippen LogP contribution in [0.2, 0.25) is 0 Å². The molecule has 2 aromatic rings. The summed E-state index contributed by atoms with van der Waals surface area (Å²) in [4.78, 5) is 5.81. The number of furan rings is 1. The molecule has 0 amide bonds. The molecule has 0 N–H and O–H groups in total. The minimum atomic E-state index is -4.69. The van der Waals surface area contributed by atoms with Gasteiger partial charge in [0.15, 0.2) is 0 Å². The maximum absolute atomic E-state index is 12.3. The molecule has 22 heavy (non-hydrogen) atoms. The summed E-state index contributed by atoms with van der Waals surface area (Å²) >= 11 is 0. The van der Waals surface area contributed by atoms with E-state index in [1.54, 1.807) is 23.5 Å². The molecule has 1 fully saturated rings. The van der Waals surface area contributed by atoms with Crippen LogP contribution in [0.5, 0.6) is 5.75 Å². The first kappa shape index (κ1) is 13.5. The Bertz CT molecular complexity index is 684. The van der Waals surface area contributed by atoms with Crippen LogP contribution < -0.4 is 9.80 Å². The zero-order valence-corrected chi connectivity index (χ0v) is 11.3. The van der Waals surface area contributed by atoms with Crippen LogP contribution in [0.3, 0.4) is 0 Å². The number of hydrogen-bond donors (Lipinski definition) is 0. The average molecular weight is 311 g/mol. The first-order valence-electron chi connectivity index (χ1n) is 6.88. The Labute approximate surface area is 124 Å².